The van der Waals surface area contributed by atoms with Crippen molar-refractivity contribution in [3.8, 4) is 0 Å². The lowest BCUT2D eigenvalue weighted by molar-refractivity contribution is 0.240. The molecule has 2 N–H and O–H groups in total. The topological polar surface area (TPSA) is 71.8 Å². The first kappa shape index (κ1) is 16.1. The third-order valence-corrected chi connectivity index (χ3v) is 5.32. The second kappa shape index (κ2) is 7.25. The van der Waals surface area contributed by atoms with E-state index in [2.05, 4.69) is 49.7 Å². The highest BCUT2D eigenvalue weighted by molar-refractivity contribution is 5.73. The number of amides is 2. The van der Waals surface area contributed by atoms with Crippen LogP contribution in [0.4, 0.5) is 4.79 Å². The number of hydrogen-bond acceptors (Lipinski definition) is 3. The Kier molecular flexibility index (Phi) is 4.68. The Morgan fingerprint density at radius 1 is 1.16 bits per heavy atom. The summed E-state index contributed by atoms with van der Waals surface area (Å²) < 4.78 is 2.18. The molecule has 0 bridgehead atoms. The van der Waals surface area contributed by atoms with Gasteiger partial charge in [-0.15, -0.1) is 10.2 Å². The van der Waals surface area contributed by atoms with Gasteiger partial charge in [0.25, 0.3) is 0 Å². The van der Waals surface area contributed by atoms with Crippen molar-refractivity contribution < 1.29 is 4.79 Å². The van der Waals surface area contributed by atoms with Gasteiger partial charge in [0, 0.05) is 38.4 Å². The van der Waals surface area contributed by atoms with Crippen molar-refractivity contribution in [2.75, 3.05) is 13.1 Å². The van der Waals surface area contributed by atoms with E-state index in [-0.39, 0.29) is 6.03 Å². The van der Waals surface area contributed by atoms with Crippen molar-refractivity contribution in [2.24, 2.45) is 0 Å². The summed E-state index contributed by atoms with van der Waals surface area (Å²) in [6.07, 6.45) is 6.39. The zero-order valence-corrected chi connectivity index (χ0v) is 14.5. The molecule has 2 aliphatic rings. The first-order valence-electron chi connectivity index (χ1n) is 9.32. The standard InChI is InChI=1S/C19H25N5O/c25-19(20-11-10-18-23-22-17-9-4-12-24(17)18)21-13-15-7-3-6-14-5-1-2-8-16(14)15/h1-2,5,8,15H,3-4,6-7,9-13H2,(H2,20,21,25)/t15-/m1/s1. The highest BCUT2D eigenvalue weighted by atomic mass is 16.2. The van der Waals surface area contributed by atoms with Gasteiger partial charge in [0.1, 0.15) is 11.6 Å². The highest BCUT2D eigenvalue weighted by Crippen LogP contribution is 2.30. The van der Waals surface area contributed by atoms with Crippen LogP contribution in [-0.4, -0.2) is 33.9 Å². The number of aryl methyl sites for hydroxylation is 2. The monoisotopic (exact) mass is 339 g/mol. The number of nitrogens with one attached hydrogen (secondary N) is 2. The van der Waals surface area contributed by atoms with Crippen molar-refractivity contribution in [3.63, 3.8) is 0 Å². The van der Waals surface area contributed by atoms with Gasteiger partial charge in [0.15, 0.2) is 0 Å². The number of urea groups is 1. The minimum atomic E-state index is -0.0933. The lowest BCUT2D eigenvalue weighted by Gasteiger charge is -2.25. The van der Waals surface area contributed by atoms with Gasteiger partial charge in [-0.05, 0) is 36.8 Å². The maximum Gasteiger partial charge on any atom is 0.314 e. The van der Waals surface area contributed by atoms with Crippen LogP contribution in [0.25, 0.3) is 0 Å². The van der Waals surface area contributed by atoms with Crippen LogP contribution in [0.2, 0.25) is 0 Å². The van der Waals surface area contributed by atoms with Gasteiger partial charge in [0.05, 0.1) is 0 Å². The van der Waals surface area contributed by atoms with Crippen LogP contribution in [0.1, 0.15) is 48.0 Å². The molecule has 1 aromatic heterocycles. The molecule has 25 heavy (non-hydrogen) atoms. The highest BCUT2D eigenvalue weighted by Gasteiger charge is 2.20. The molecule has 1 atom stereocenters. The fourth-order valence-electron chi connectivity index (χ4n) is 4.03. The molecule has 0 fully saturated rings. The number of nitrogens with zero attached hydrogens (tertiary/aromatic N) is 3. The quantitative estimate of drug-likeness (QED) is 0.877. The average Bonchev–Trinajstić information content (AvgIpc) is 3.25. The molecule has 132 valence electrons. The summed E-state index contributed by atoms with van der Waals surface area (Å²) in [5.41, 5.74) is 2.83. The van der Waals surface area contributed by atoms with Crippen LogP contribution in [-0.2, 0) is 25.8 Å². The van der Waals surface area contributed by atoms with Crippen LogP contribution in [0.5, 0.6) is 0 Å². The zero-order chi connectivity index (χ0) is 17.1. The molecule has 0 saturated carbocycles. The van der Waals surface area contributed by atoms with E-state index in [9.17, 15) is 4.79 Å². The molecule has 0 radical (unpaired) electrons. The van der Waals surface area contributed by atoms with Crippen molar-refractivity contribution >= 4 is 6.03 Å². The third-order valence-electron chi connectivity index (χ3n) is 5.32. The van der Waals surface area contributed by atoms with E-state index in [0.29, 0.717) is 19.0 Å². The lowest BCUT2D eigenvalue weighted by Crippen LogP contribution is -2.39. The van der Waals surface area contributed by atoms with E-state index < -0.39 is 0 Å². The van der Waals surface area contributed by atoms with Gasteiger partial charge in [0.2, 0.25) is 0 Å². The zero-order valence-electron chi connectivity index (χ0n) is 14.5. The summed E-state index contributed by atoms with van der Waals surface area (Å²) in [5, 5.41) is 14.4. The maximum absolute atomic E-state index is 12.1. The second-order valence-electron chi connectivity index (χ2n) is 6.96. The van der Waals surface area contributed by atoms with Crippen LogP contribution in [0, 0.1) is 0 Å². The van der Waals surface area contributed by atoms with E-state index in [1.54, 1.807) is 0 Å². The Morgan fingerprint density at radius 2 is 2.08 bits per heavy atom. The number of fused-ring (bicyclic) bond motifs is 2. The molecular formula is C19H25N5O. The van der Waals surface area contributed by atoms with E-state index in [1.165, 1.54) is 17.5 Å². The first-order chi connectivity index (χ1) is 12.3. The minimum Gasteiger partial charge on any atom is -0.338 e. The van der Waals surface area contributed by atoms with E-state index in [4.69, 9.17) is 0 Å². The van der Waals surface area contributed by atoms with Crippen LogP contribution in [0.15, 0.2) is 24.3 Å². The van der Waals surface area contributed by atoms with E-state index >= 15 is 0 Å². The normalized spacial score (nSPS) is 18.5. The Morgan fingerprint density at radius 3 is 3.04 bits per heavy atom. The fraction of sp³-hybridized carbons (Fsp3) is 0.526. The smallest absolute Gasteiger partial charge is 0.314 e. The maximum atomic E-state index is 12.1. The lowest BCUT2D eigenvalue weighted by atomic mass is 9.83. The summed E-state index contributed by atoms with van der Waals surface area (Å²) in [4.78, 5) is 12.1. The summed E-state index contributed by atoms with van der Waals surface area (Å²) in [7, 11) is 0. The predicted molar refractivity (Wildman–Crippen MR) is 95.6 cm³/mol. The van der Waals surface area contributed by atoms with Crippen molar-refractivity contribution in [2.45, 2.75) is 51.0 Å². The van der Waals surface area contributed by atoms with Crippen molar-refractivity contribution in [3.05, 3.63) is 47.0 Å². The Hall–Kier alpha value is -2.37. The van der Waals surface area contributed by atoms with Gasteiger partial charge >= 0.3 is 6.03 Å². The van der Waals surface area contributed by atoms with Crippen molar-refractivity contribution in [1.29, 1.82) is 0 Å². The largest absolute Gasteiger partial charge is 0.338 e. The van der Waals surface area contributed by atoms with Gasteiger partial charge in [-0.3, -0.25) is 0 Å². The predicted octanol–water partition coefficient (Wildman–Crippen LogP) is 2.19. The number of benzene rings is 1. The number of carbonyl (C=O) groups excluding carboxylic acids is 1. The van der Waals surface area contributed by atoms with Crippen LogP contribution in [0.3, 0.4) is 0 Å². The van der Waals surface area contributed by atoms with E-state index in [0.717, 1.165) is 50.3 Å². The number of carbonyl (C=O) groups is 1. The Labute approximate surface area is 148 Å². The molecule has 1 aliphatic carbocycles. The molecule has 2 amide bonds. The van der Waals surface area contributed by atoms with Gasteiger partial charge in [-0.1, -0.05) is 24.3 Å². The molecule has 1 aromatic carbocycles. The number of rotatable bonds is 5. The molecule has 1 aliphatic heterocycles. The molecule has 0 spiro atoms. The first-order valence-corrected chi connectivity index (χ1v) is 9.32. The average molecular weight is 339 g/mol. The second-order valence-corrected chi connectivity index (χ2v) is 6.96. The molecule has 0 saturated heterocycles. The minimum absolute atomic E-state index is 0.0933. The van der Waals surface area contributed by atoms with Crippen molar-refractivity contribution in [1.82, 2.24) is 25.4 Å². The van der Waals surface area contributed by atoms with Gasteiger partial charge in [-0.2, -0.15) is 0 Å². The SMILES string of the molecule is O=C(NCCc1nnc2n1CCC2)NC[C@H]1CCCc2ccccc21. The molecule has 2 heterocycles. The number of hydrogen-bond donors (Lipinski definition) is 2. The van der Waals surface area contributed by atoms with E-state index in [1.807, 2.05) is 0 Å². The van der Waals surface area contributed by atoms with Crippen LogP contribution < -0.4 is 10.6 Å². The summed E-state index contributed by atoms with van der Waals surface area (Å²) in [5.74, 6) is 2.49. The van der Waals surface area contributed by atoms with Crippen LogP contribution >= 0.6 is 0 Å². The summed E-state index contributed by atoms with van der Waals surface area (Å²) in [6, 6.07) is 8.50. The third kappa shape index (κ3) is 3.52. The molecule has 2 aromatic rings. The Balaban J connectivity index is 1.23. The summed E-state index contributed by atoms with van der Waals surface area (Å²) in [6.45, 7) is 2.29. The van der Waals surface area contributed by atoms with Gasteiger partial charge < -0.3 is 15.2 Å². The molecule has 6 nitrogen and oxygen atoms in total. The molecular weight excluding hydrogens is 314 g/mol. The molecule has 4 rings (SSSR count). The van der Waals surface area contributed by atoms with Gasteiger partial charge in [-0.25, -0.2) is 4.79 Å². The summed E-state index contributed by atoms with van der Waals surface area (Å²) >= 11 is 0. The molecule has 0 unspecified atom stereocenters. The molecule has 6 heteroatoms. The fourth-order valence-corrected chi connectivity index (χ4v) is 4.03. The number of aromatic nitrogens is 3. The Bertz CT molecular complexity index is 754.